The molecule has 0 aromatic carbocycles. The summed E-state index contributed by atoms with van der Waals surface area (Å²) in [7, 11) is 2.34. The summed E-state index contributed by atoms with van der Waals surface area (Å²) in [5, 5.41) is 0. The molecule has 1 unspecified atom stereocenters. The van der Waals surface area contributed by atoms with Gasteiger partial charge in [0.25, 0.3) is 0 Å². The van der Waals surface area contributed by atoms with Crippen LogP contribution in [0.4, 0.5) is 0 Å². The average Bonchev–Trinajstić information content (AvgIpc) is 2.62. The number of hydrogen-bond acceptors (Lipinski definition) is 4. The second kappa shape index (κ2) is 18.4. The normalized spacial score (nSPS) is 12.0. The van der Waals surface area contributed by atoms with Gasteiger partial charge in [0, 0.05) is 34.3 Å². The highest BCUT2D eigenvalue weighted by molar-refractivity contribution is 8.75. The Morgan fingerprint density at radius 3 is 1.76 bits per heavy atom. The van der Waals surface area contributed by atoms with Crippen molar-refractivity contribution >= 4 is 33.8 Å². The molecule has 2 N–H and O–H groups in total. The van der Waals surface area contributed by atoms with Crippen molar-refractivity contribution in [3.8, 4) is 0 Å². The first kappa shape index (κ1) is 24.6. The maximum atomic E-state index is 11.9. The minimum Gasteiger partial charge on any atom is -0.290 e. The van der Waals surface area contributed by atoms with E-state index in [9.17, 15) is 9.59 Å². The quantitative estimate of drug-likeness (QED) is 0.177. The topological polar surface area (TPSA) is 58.2 Å². The zero-order valence-corrected chi connectivity index (χ0v) is 18.0. The second-order valence-corrected chi connectivity index (χ2v) is 8.48. The van der Waals surface area contributed by atoms with Gasteiger partial charge in [-0.3, -0.25) is 19.0 Å². The first-order valence-electron chi connectivity index (χ1n) is 10.0. The molecule has 0 heterocycles. The molecule has 0 aliphatic rings. The van der Waals surface area contributed by atoms with Gasteiger partial charge in [0.05, 0.1) is 0 Å². The fraction of sp³-hybridized carbons (Fsp3) is 0.895. The summed E-state index contributed by atoms with van der Waals surface area (Å²) >= 11 is 0. The van der Waals surface area contributed by atoms with Crippen LogP contribution >= 0.6 is 22.0 Å². The van der Waals surface area contributed by atoms with Crippen molar-refractivity contribution in [1.29, 1.82) is 0 Å². The van der Waals surface area contributed by atoms with E-state index in [1.807, 2.05) is 6.92 Å². The van der Waals surface area contributed by atoms with Gasteiger partial charge in [-0.25, -0.2) is 0 Å². The van der Waals surface area contributed by atoms with E-state index in [-0.39, 0.29) is 17.7 Å². The molecule has 2 amide bonds. The highest BCUT2D eigenvalue weighted by atomic mass is 33.1. The Morgan fingerprint density at radius 2 is 1.24 bits per heavy atom. The predicted octanol–water partition coefficient (Wildman–Crippen LogP) is 6.18. The van der Waals surface area contributed by atoms with Crippen LogP contribution in [0.25, 0.3) is 0 Å². The zero-order chi connectivity index (χ0) is 18.8. The summed E-state index contributed by atoms with van der Waals surface area (Å²) in [6, 6.07) is 0. The molecule has 0 rings (SSSR count). The van der Waals surface area contributed by atoms with E-state index in [2.05, 4.69) is 16.4 Å². The van der Waals surface area contributed by atoms with Crippen molar-refractivity contribution in [3.05, 3.63) is 0 Å². The minimum atomic E-state index is -0.0271. The third-order valence-corrected chi connectivity index (χ3v) is 5.78. The Balaban J connectivity index is 3.37. The number of unbranched alkanes of at least 4 members (excludes halogenated alkanes) is 10. The molecule has 0 aromatic heterocycles. The third-order valence-electron chi connectivity index (χ3n) is 4.35. The summed E-state index contributed by atoms with van der Waals surface area (Å²) < 4.78 is 5.42. The second-order valence-electron chi connectivity index (χ2n) is 6.74. The Kier molecular flexibility index (Phi) is 18.2. The van der Waals surface area contributed by atoms with Gasteiger partial charge < -0.3 is 0 Å². The standard InChI is InChI=1S/C19H38N2O2S2/c1-4-6-7-8-9-10-11-12-13-14-15-16-17(3)19(23)21-25-24-20-18(22)5-2/h17H,4-16H2,1-3H3,(H,20,22)(H,21,23). The monoisotopic (exact) mass is 390 g/mol. The van der Waals surface area contributed by atoms with Crippen molar-refractivity contribution < 1.29 is 9.59 Å². The Hall–Kier alpha value is -0.360. The van der Waals surface area contributed by atoms with Gasteiger partial charge >= 0.3 is 0 Å². The first-order chi connectivity index (χ1) is 12.1. The lowest BCUT2D eigenvalue weighted by molar-refractivity contribution is -0.122. The fourth-order valence-corrected chi connectivity index (χ4v) is 3.93. The summed E-state index contributed by atoms with van der Waals surface area (Å²) in [4.78, 5) is 23.0. The van der Waals surface area contributed by atoms with Crippen LogP contribution in [-0.4, -0.2) is 11.8 Å². The number of amides is 2. The largest absolute Gasteiger partial charge is 0.290 e. The van der Waals surface area contributed by atoms with E-state index in [0.717, 1.165) is 23.8 Å². The molecule has 0 fully saturated rings. The number of carbonyl (C=O) groups excluding carboxylic acids is 2. The smallest absolute Gasteiger partial charge is 0.233 e. The van der Waals surface area contributed by atoms with Gasteiger partial charge in [0.15, 0.2) is 0 Å². The lowest BCUT2D eigenvalue weighted by Gasteiger charge is -2.11. The maximum Gasteiger partial charge on any atom is 0.233 e. The highest BCUT2D eigenvalue weighted by Gasteiger charge is 2.12. The van der Waals surface area contributed by atoms with E-state index in [1.54, 1.807) is 6.92 Å². The molecule has 0 spiro atoms. The average molecular weight is 391 g/mol. The SMILES string of the molecule is CCCCCCCCCCCCCC(C)C(=O)NSSNC(=O)CC. The lowest BCUT2D eigenvalue weighted by Crippen LogP contribution is -2.24. The van der Waals surface area contributed by atoms with Gasteiger partial charge in [0.1, 0.15) is 0 Å². The van der Waals surface area contributed by atoms with Crippen LogP contribution in [0.15, 0.2) is 0 Å². The maximum absolute atomic E-state index is 11.9. The number of hydrogen-bond donors (Lipinski definition) is 2. The van der Waals surface area contributed by atoms with Crippen molar-refractivity contribution in [2.45, 2.75) is 104 Å². The van der Waals surface area contributed by atoms with Crippen LogP contribution in [0.1, 0.15) is 104 Å². The summed E-state index contributed by atoms with van der Waals surface area (Å²) in [5.41, 5.74) is 0. The van der Waals surface area contributed by atoms with Crippen LogP contribution < -0.4 is 9.44 Å². The Labute approximate surface area is 163 Å². The molecule has 148 valence electrons. The van der Waals surface area contributed by atoms with Crippen LogP contribution in [0, 0.1) is 5.92 Å². The molecule has 4 nitrogen and oxygen atoms in total. The van der Waals surface area contributed by atoms with Crippen molar-refractivity contribution in [3.63, 3.8) is 0 Å². The van der Waals surface area contributed by atoms with Gasteiger partial charge in [0.2, 0.25) is 11.8 Å². The number of carbonyl (C=O) groups is 2. The summed E-state index contributed by atoms with van der Waals surface area (Å²) in [6.45, 7) is 6.03. The molecule has 6 heteroatoms. The zero-order valence-electron chi connectivity index (χ0n) is 16.4. The summed E-state index contributed by atoms with van der Waals surface area (Å²) in [5.74, 6) is 0.0598. The Bertz CT molecular complexity index is 341. The van der Waals surface area contributed by atoms with Crippen LogP contribution in [0.2, 0.25) is 0 Å². The number of rotatable bonds is 17. The van der Waals surface area contributed by atoms with Crippen LogP contribution in [0.5, 0.6) is 0 Å². The van der Waals surface area contributed by atoms with Crippen LogP contribution in [0.3, 0.4) is 0 Å². The van der Waals surface area contributed by atoms with Gasteiger partial charge in [-0.05, 0) is 6.42 Å². The molecule has 0 saturated heterocycles. The minimum absolute atomic E-state index is 0.0271. The van der Waals surface area contributed by atoms with E-state index in [4.69, 9.17) is 0 Å². The summed E-state index contributed by atoms with van der Waals surface area (Å²) in [6.07, 6.45) is 16.0. The van der Waals surface area contributed by atoms with Gasteiger partial charge in [-0.15, -0.1) is 0 Å². The van der Waals surface area contributed by atoms with Crippen LogP contribution in [-0.2, 0) is 9.59 Å². The highest BCUT2D eigenvalue weighted by Crippen LogP contribution is 2.17. The molecule has 0 radical (unpaired) electrons. The fourth-order valence-electron chi connectivity index (χ4n) is 2.55. The van der Waals surface area contributed by atoms with E-state index in [1.165, 1.54) is 75.2 Å². The molecule has 1 atom stereocenters. The van der Waals surface area contributed by atoms with Gasteiger partial charge in [-0.2, -0.15) is 0 Å². The van der Waals surface area contributed by atoms with Gasteiger partial charge in [-0.1, -0.05) is 91.4 Å². The molecule has 0 aliphatic heterocycles. The molecule has 0 aliphatic carbocycles. The van der Waals surface area contributed by atoms with E-state index < -0.39 is 0 Å². The molecular formula is C19H38N2O2S2. The molecule has 25 heavy (non-hydrogen) atoms. The molecule has 0 aromatic rings. The molecular weight excluding hydrogens is 352 g/mol. The molecule has 0 saturated carbocycles. The van der Waals surface area contributed by atoms with Crippen molar-refractivity contribution in [2.75, 3.05) is 0 Å². The third kappa shape index (κ3) is 16.8. The first-order valence-corrected chi connectivity index (χ1v) is 12.2. The Morgan fingerprint density at radius 1 is 0.760 bits per heavy atom. The van der Waals surface area contributed by atoms with Crippen molar-refractivity contribution in [1.82, 2.24) is 9.44 Å². The molecule has 0 bridgehead atoms. The predicted molar refractivity (Wildman–Crippen MR) is 112 cm³/mol. The number of nitrogens with one attached hydrogen (secondary N) is 2. The van der Waals surface area contributed by atoms with E-state index in [0.29, 0.717) is 6.42 Å². The van der Waals surface area contributed by atoms with E-state index >= 15 is 0 Å². The van der Waals surface area contributed by atoms with Crippen molar-refractivity contribution in [2.24, 2.45) is 5.92 Å². The lowest BCUT2D eigenvalue weighted by atomic mass is 10.0.